The molecule has 2 N–H and O–H groups in total. The summed E-state index contributed by atoms with van der Waals surface area (Å²) in [4.78, 5) is 11.8. The highest BCUT2D eigenvalue weighted by atomic mass is 16.1. The van der Waals surface area contributed by atoms with Crippen molar-refractivity contribution in [2.24, 2.45) is 0 Å². The van der Waals surface area contributed by atoms with Crippen molar-refractivity contribution in [3.05, 3.63) is 48.0 Å². The van der Waals surface area contributed by atoms with Gasteiger partial charge in [-0.3, -0.25) is 4.79 Å². The molecule has 0 heterocycles. The van der Waals surface area contributed by atoms with Crippen LogP contribution in [0.15, 0.2) is 42.5 Å². The van der Waals surface area contributed by atoms with Gasteiger partial charge in [-0.1, -0.05) is 56.3 Å². The number of hydrogen-bond donors (Lipinski definition) is 2. The van der Waals surface area contributed by atoms with Crippen molar-refractivity contribution in [1.82, 2.24) is 10.6 Å². The van der Waals surface area contributed by atoms with E-state index in [9.17, 15) is 4.79 Å². The predicted molar refractivity (Wildman–Crippen MR) is 83.6 cm³/mol. The van der Waals surface area contributed by atoms with Crippen LogP contribution in [-0.4, -0.2) is 18.5 Å². The molecule has 0 saturated carbocycles. The largest absolute Gasteiger partial charge is 0.352 e. The van der Waals surface area contributed by atoms with Crippen molar-refractivity contribution >= 4 is 16.7 Å². The molecule has 0 aliphatic heterocycles. The number of nitrogens with one attached hydrogen (secondary N) is 2. The predicted octanol–water partition coefficient (Wildman–Crippen LogP) is 2.84. The second-order valence-corrected chi connectivity index (χ2v) is 5.27. The van der Waals surface area contributed by atoms with Gasteiger partial charge in [-0.25, -0.2) is 0 Å². The van der Waals surface area contributed by atoms with Crippen molar-refractivity contribution in [1.29, 1.82) is 0 Å². The minimum atomic E-state index is 0.0890. The molecule has 106 valence electrons. The SMILES string of the molecule is CC(C)NCCC(=O)NCc1cccc2ccccc12. The van der Waals surface area contributed by atoms with Crippen LogP contribution in [0.3, 0.4) is 0 Å². The van der Waals surface area contributed by atoms with E-state index >= 15 is 0 Å². The molecule has 0 fully saturated rings. The Morgan fingerprint density at radius 2 is 1.85 bits per heavy atom. The fraction of sp³-hybridized carbons (Fsp3) is 0.353. The molecular weight excluding hydrogens is 248 g/mol. The summed E-state index contributed by atoms with van der Waals surface area (Å²) in [6.07, 6.45) is 0.517. The molecular formula is C17H22N2O. The van der Waals surface area contributed by atoms with Crippen LogP contribution in [0.5, 0.6) is 0 Å². The van der Waals surface area contributed by atoms with Crippen LogP contribution in [0.25, 0.3) is 10.8 Å². The summed E-state index contributed by atoms with van der Waals surface area (Å²) in [7, 11) is 0. The molecule has 0 aliphatic rings. The molecule has 3 heteroatoms. The highest BCUT2D eigenvalue weighted by molar-refractivity contribution is 5.86. The zero-order valence-corrected chi connectivity index (χ0v) is 12.1. The summed E-state index contributed by atoms with van der Waals surface area (Å²) in [5.74, 6) is 0.0890. The number of carbonyl (C=O) groups is 1. The number of hydrogen-bond acceptors (Lipinski definition) is 2. The minimum Gasteiger partial charge on any atom is -0.352 e. The topological polar surface area (TPSA) is 41.1 Å². The van der Waals surface area contributed by atoms with Crippen molar-refractivity contribution in [3.63, 3.8) is 0 Å². The van der Waals surface area contributed by atoms with Crippen LogP contribution in [0.2, 0.25) is 0 Å². The van der Waals surface area contributed by atoms with Crippen molar-refractivity contribution in [3.8, 4) is 0 Å². The van der Waals surface area contributed by atoms with Gasteiger partial charge in [-0.05, 0) is 16.3 Å². The number of rotatable bonds is 6. The normalized spacial score (nSPS) is 10.9. The van der Waals surface area contributed by atoms with Gasteiger partial charge in [0.05, 0.1) is 0 Å². The van der Waals surface area contributed by atoms with E-state index in [1.165, 1.54) is 10.8 Å². The summed E-state index contributed by atoms with van der Waals surface area (Å²) >= 11 is 0. The lowest BCUT2D eigenvalue weighted by atomic mass is 10.0. The van der Waals surface area contributed by atoms with Crippen LogP contribution < -0.4 is 10.6 Å². The van der Waals surface area contributed by atoms with Crippen LogP contribution >= 0.6 is 0 Å². The maximum Gasteiger partial charge on any atom is 0.221 e. The van der Waals surface area contributed by atoms with E-state index in [-0.39, 0.29) is 5.91 Å². The van der Waals surface area contributed by atoms with Gasteiger partial charge >= 0.3 is 0 Å². The summed E-state index contributed by atoms with van der Waals surface area (Å²) in [5, 5.41) is 8.64. The van der Waals surface area contributed by atoms with Gasteiger partial charge < -0.3 is 10.6 Å². The molecule has 0 spiro atoms. The average Bonchev–Trinajstić information content (AvgIpc) is 2.44. The molecule has 0 radical (unpaired) electrons. The highest BCUT2D eigenvalue weighted by Crippen LogP contribution is 2.18. The van der Waals surface area contributed by atoms with Crippen LogP contribution in [-0.2, 0) is 11.3 Å². The first-order valence-electron chi connectivity index (χ1n) is 7.13. The highest BCUT2D eigenvalue weighted by Gasteiger charge is 2.04. The van der Waals surface area contributed by atoms with E-state index in [0.717, 1.165) is 12.1 Å². The molecule has 0 saturated heterocycles. The van der Waals surface area contributed by atoms with Gasteiger partial charge in [0.2, 0.25) is 5.91 Å². The quantitative estimate of drug-likeness (QED) is 0.847. The van der Waals surface area contributed by atoms with Crippen molar-refractivity contribution in [2.45, 2.75) is 32.9 Å². The number of carbonyl (C=O) groups excluding carboxylic acids is 1. The summed E-state index contributed by atoms with van der Waals surface area (Å²) in [6.45, 7) is 5.46. The van der Waals surface area contributed by atoms with Crippen molar-refractivity contribution < 1.29 is 4.79 Å². The summed E-state index contributed by atoms with van der Waals surface area (Å²) < 4.78 is 0. The lowest BCUT2D eigenvalue weighted by Crippen LogP contribution is -2.30. The molecule has 2 aromatic carbocycles. The van der Waals surface area contributed by atoms with E-state index < -0.39 is 0 Å². The first kappa shape index (κ1) is 14.5. The molecule has 20 heavy (non-hydrogen) atoms. The Bertz CT molecular complexity index is 573. The fourth-order valence-corrected chi connectivity index (χ4v) is 2.20. The van der Waals surface area contributed by atoms with Gasteiger partial charge in [0.1, 0.15) is 0 Å². The van der Waals surface area contributed by atoms with E-state index in [1.54, 1.807) is 0 Å². The Kier molecular flexibility index (Phi) is 5.13. The van der Waals surface area contributed by atoms with E-state index in [0.29, 0.717) is 19.0 Å². The summed E-state index contributed by atoms with van der Waals surface area (Å²) in [5.41, 5.74) is 1.16. The molecule has 0 unspecified atom stereocenters. The molecule has 3 nitrogen and oxygen atoms in total. The van der Waals surface area contributed by atoms with Crippen LogP contribution in [0.1, 0.15) is 25.8 Å². The number of fused-ring (bicyclic) bond motifs is 1. The molecule has 2 aromatic rings. The number of benzene rings is 2. The maximum absolute atomic E-state index is 11.8. The van der Waals surface area contributed by atoms with Gasteiger partial charge in [0, 0.05) is 25.6 Å². The van der Waals surface area contributed by atoms with Gasteiger partial charge in [-0.15, -0.1) is 0 Å². The smallest absolute Gasteiger partial charge is 0.221 e. The minimum absolute atomic E-state index is 0.0890. The van der Waals surface area contributed by atoms with Crippen LogP contribution in [0.4, 0.5) is 0 Å². The Labute approximate surface area is 120 Å². The first-order valence-corrected chi connectivity index (χ1v) is 7.13. The Morgan fingerprint density at radius 3 is 2.65 bits per heavy atom. The third kappa shape index (κ3) is 4.07. The van der Waals surface area contributed by atoms with Crippen molar-refractivity contribution in [2.75, 3.05) is 6.54 Å². The van der Waals surface area contributed by atoms with Gasteiger partial charge in [-0.2, -0.15) is 0 Å². The van der Waals surface area contributed by atoms with E-state index in [2.05, 4.69) is 48.7 Å². The third-order valence-electron chi connectivity index (χ3n) is 3.26. The molecule has 0 bridgehead atoms. The lowest BCUT2D eigenvalue weighted by Gasteiger charge is -2.10. The third-order valence-corrected chi connectivity index (χ3v) is 3.26. The fourth-order valence-electron chi connectivity index (χ4n) is 2.20. The molecule has 0 aromatic heterocycles. The van der Waals surface area contributed by atoms with Gasteiger partial charge in [0.25, 0.3) is 0 Å². The Balaban J connectivity index is 1.91. The van der Waals surface area contributed by atoms with E-state index in [1.807, 2.05) is 18.2 Å². The monoisotopic (exact) mass is 270 g/mol. The standard InChI is InChI=1S/C17H22N2O/c1-13(2)18-11-10-17(20)19-12-15-8-5-7-14-6-3-4-9-16(14)15/h3-9,13,18H,10-12H2,1-2H3,(H,19,20). The van der Waals surface area contributed by atoms with Crippen LogP contribution in [0, 0.1) is 0 Å². The Morgan fingerprint density at radius 1 is 1.10 bits per heavy atom. The second-order valence-electron chi connectivity index (χ2n) is 5.27. The lowest BCUT2D eigenvalue weighted by molar-refractivity contribution is -0.121. The zero-order chi connectivity index (χ0) is 14.4. The maximum atomic E-state index is 11.8. The molecule has 1 amide bonds. The zero-order valence-electron chi connectivity index (χ0n) is 12.1. The summed E-state index contributed by atoms with van der Waals surface area (Å²) in [6, 6.07) is 14.8. The molecule has 0 aliphatic carbocycles. The van der Waals surface area contributed by atoms with Gasteiger partial charge in [0.15, 0.2) is 0 Å². The first-order chi connectivity index (χ1) is 9.66. The van der Waals surface area contributed by atoms with E-state index in [4.69, 9.17) is 0 Å². The second kappa shape index (κ2) is 7.06. The average molecular weight is 270 g/mol. The molecule has 0 atom stereocenters. The molecule has 2 rings (SSSR count). The Hall–Kier alpha value is -1.87. The number of amides is 1.